The third-order valence-electron chi connectivity index (χ3n) is 2.38. The average Bonchev–Trinajstić information content (AvgIpc) is 2.71. The predicted octanol–water partition coefficient (Wildman–Crippen LogP) is 1.76. The Hall–Kier alpha value is -2.04. The van der Waals surface area contributed by atoms with Crippen molar-refractivity contribution in [3.63, 3.8) is 0 Å². The van der Waals surface area contributed by atoms with Crippen LogP contribution in [0.3, 0.4) is 0 Å². The molecule has 17 heavy (non-hydrogen) atoms. The van der Waals surface area contributed by atoms with Gasteiger partial charge in [0.1, 0.15) is 11.6 Å². The van der Waals surface area contributed by atoms with Gasteiger partial charge in [-0.3, -0.25) is 4.79 Å². The van der Waals surface area contributed by atoms with Crippen LogP contribution in [0.5, 0.6) is 0 Å². The van der Waals surface area contributed by atoms with Crippen molar-refractivity contribution in [1.82, 2.24) is 10.3 Å². The molecule has 0 spiro atoms. The van der Waals surface area contributed by atoms with Crippen molar-refractivity contribution in [2.45, 2.75) is 19.9 Å². The second-order valence-electron chi connectivity index (χ2n) is 3.75. The SMILES string of the molecule is CCNC(=O)[C@H](C)Nc1nc2ccccc2o1. The van der Waals surface area contributed by atoms with Crippen molar-refractivity contribution >= 4 is 23.0 Å². The van der Waals surface area contributed by atoms with Crippen LogP contribution in [0.15, 0.2) is 28.7 Å². The first kappa shape index (κ1) is 11.4. The number of carbonyl (C=O) groups excluding carboxylic acids is 1. The van der Waals surface area contributed by atoms with Gasteiger partial charge in [0.15, 0.2) is 5.58 Å². The number of oxazole rings is 1. The maximum absolute atomic E-state index is 11.5. The molecule has 0 aliphatic carbocycles. The lowest BCUT2D eigenvalue weighted by molar-refractivity contribution is -0.121. The highest BCUT2D eigenvalue weighted by molar-refractivity contribution is 5.84. The molecule has 1 atom stereocenters. The molecule has 0 aliphatic rings. The van der Waals surface area contributed by atoms with E-state index in [0.717, 1.165) is 5.52 Å². The second-order valence-corrected chi connectivity index (χ2v) is 3.75. The summed E-state index contributed by atoms with van der Waals surface area (Å²) in [6, 6.07) is 7.46. The molecular weight excluding hydrogens is 218 g/mol. The molecule has 0 bridgehead atoms. The number of hydrogen-bond donors (Lipinski definition) is 2. The maximum Gasteiger partial charge on any atom is 0.296 e. The van der Waals surface area contributed by atoms with Gasteiger partial charge < -0.3 is 15.1 Å². The Morgan fingerprint density at radius 3 is 2.94 bits per heavy atom. The standard InChI is InChI=1S/C12H15N3O2/c1-3-13-11(16)8(2)14-12-15-9-6-4-5-7-10(9)17-12/h4-8H,3H2,1-2H3,(H,13,16)(H,14,15)/t8-/m0/s1. The fraction of sp³-hybridized carbons (Fsp3) is 0.333. The largest absolute Gasteiger partial charge is 0.424 e. The molecule has 0 saturated carbocycles. The van der Waals surface area contributed by atoms with E-state index in [4.69, 9.17) is 4.42 Å². The zero-order valence-electron chi connectivity index (χ0n) is 9.86. The third-order valence-corrected chi connectivity index (χ3v) is 2.38. The van der Waals surface area contributed by atoms with Gasteiger partial charge in [-0.1, -0.05) is 12.1 Å². The predicted molar refractivity (Wildman–Crippen MR) is 65.8 cm³/mol. The fourth-order valence-electron chi connectivity index (χ4n) is 1.51. The van der Waals surface area contributed by atoms with Gasteiger partial charge >= 0.3 is 0 Å². The van der Waals surface area contributed by atoms with E-state index in [0.29, 0.717) is 18.1 Å². The molecular formula is C12H15N3O2. The highest BCUT2D eigenvalue weighted by Gasteiger charge is 2.14. The molecule has 1 amide bonds. The summed E-state index contributed by atoms with van der Waals surface area (Å²) in [4.78, 5) is 15.8. The van der Waals surface area contributed by atoms with Gasteiger partial charge in [0.2, 0.25) is 5.91 Å². The number of para-hydroxylation sites is 2. The molecule has 5 nitrogen and oxygen atoms in total. The van der Waals surface area contributed by atoms with Gasteiger partial charge in [-0.2, -0.15) is 4.98 Å². The molecule has 0 saturated heterocycles. The molecule has 1 heterocycles. The summed E-state index contributed by atoms with van der Waals surface area (Å²) in [6.07, 6.45) is 0. The summed E-state index contributed by atoms with van der Waals surface area (Å²) in [7, 11) is 0. The number of benzene rings is 1. The van der Waals surface area contributed by atoms with Crippen LogP contribution in [0.25, 0.3) is 11.1 Å². The van der Waals surface area contributed by atoms with Crippen LogP contribution in [-0.2, 0) is 4.79 Å². The third kappa shape index (κ3) is 2.55. The molecule has 90 valence electrons. The molecule has 2 aromatic rings. The number of amides is 1. The Morgan fingerprint density at radius 2 is 2.24 bits per heavy atom. The molecule has 5 heteroatoms. The number of aromatic nitrogens is 1. The molecule has 0 radical (unpaired) electrons. The normalized spacial score (nSPS) is 12.4. The van der Waals surface area contributed by atoms with Crippen molar-refractivity contribution < 1.29 is 9.21 Å². The quantitative estimate of drug-likeness (QED) is 0.844. The van der Waals surface area contributed by atoms with Crippen molar-refractivity contribution in [3.8, 4) is 0 Å². The Bertz CT molecular complexity index is 488. The van der Waals surface area contributed by atoms with Crippen molar-refractivity contribution in [2.75, 3.05) is 11.9 Å². The molecule has 1 aromatic heterocycles. The van der Waals surface area contributed by atoms with Gasteiger partial charge in [-0.05, 0) is 26.0 Å². The molecule has 0 fully saturated rings. The molecule has 0 unspecified atom stereocenters. The van der Waals surface area contributed by atoms with E-state index in [1.807, 2.05) is 31.2 Å². The lowest BCUT2D eigenvalue weighted by atomic mass is 10.3. The van der Waals surface area contributed by atoms with Gasteiger partial charge in [-0.25, -0.2) is 0 Å². The number of hydrogen-bond acceptors (Lipinski definition) is 4. The first-order valence-electron chi connectivity index (χ1n) is 5.60. The lowest BCUT2D eigenvalue weighted by Gasteiger charge is -2.10. The van der Waals surface area contributed by atoms with Crippen molar-refractivity contribution in [2.24, 2.45) is 0 Å². The Morgan fingerprint density at radius 1 is 1.47 bits per heavy atom. The van der Waals surface area contributed by atoms with Crippen LogP contribution in [0.4, 0.5) is 6.01 Å². The number of nitrogens with zero attached hydrogens (tertiary/aromatic N) is 1. The number of likely N-dealkylation sites (N-methyl/N-ethyl adjacent to an activating group) is 1. The smallest absolute Gasteiger partial charge is 0.296 e. The van der Waals surface area contributed by atoms with Crippen molar-refractivity contribution in [1.29, 1.82) is 0 Å². The van der Waals surface area contributed by atoms with Gasteiger partial charge in [0.25, 0.3) is 6.01 Å². The van der Waals surface area contributed by atoms with Crippen LogP contribution in [0.2, 0.25) is 0 Å². The first-order valence-corrected chi connectivity index (χ1v) is 5.60. The minimum atomic E-state index is -0.372. The highest BCUT2D eigenvalue weighted by Crippen LogP contribution is 2.18. The Labute approximate surface area is 99.2 Å². The summed E-state index contributed by atoms with van der Waals surface area (Å²) in [6.45, 7) is 4.25. The minimum Gasteiger partial charge on any atom is -0.424 e. The number of nitrogens with one attached hydrogen (secondary N) is 2. The van der Waals surface area contributed by atoms with E-state index in [9.17, 15) is 4.79 Å². The van der Waals surface area contributed by atoms with Gasteiger partial charge in [-0.15, -0.1) is 0 Å². The van der Waals surface area contributed by atoms with Crippen LogP contribution in [-0.4, -0.2) is 23.5 Å². The summed E-state index contributed by atoms with van der Waals surface area (Å²) in [5, 5.41) is 5.65. The maximum atomic E-state index is 11.5. The summed E-state index contributed by atoms with van der Waals surface area (Å²) < 4.78 is 5.46. The molecule has 1 aromatic carbocycles. The Balaban J connectivity index is 2.10. The number of fused-ring (bicyclic) bond motifs is 1. The zero-order valence-corrected chi connectivity index (χ0v) is 9.86. The minimum absolute atomic E-state index is 0.0743. The van der Waals surface area contributed by atoms with Gasteiger partial charge in [0.05, 0.1) is 0 Å². The van der Waals surface area contributed by atoms with E-state index in [2.05, 4.69) is 15.6 Å². The van der Waals surface area contributed by atoms with Crippen molar-refractivity contribution in [3.05, 3.63) is 24.3 Å². The average molecular weight is 233 g/mol. The zero-order chi connectivity index (χ0) is 12.3. The second kappa shape index (κ2) is 4.86. The number of anilines is 1. The van der Waals surface area contributed by atoms with E-state index in [1.54, 1.807) is 6.92 Å². The molecule has 0 aliphatic heterocycles. The van der Waals surface area contributed by atoms with Crippen LogP contribution in [0.1, 0.15) is 13.8 Å². The Kier molecular flexibility index (Phi) is 3.27. The fourth-order valence-corrected chi connectivity index (χ4v) is 1.51. The first-order chi connectivity index (χ1) is 8.20. The number of carbonyl (C=O) groups is 1. The van der Waals surface area contributed by atoms with E-state index in [-0.39, 0.29) is 11.9 Å². The van der Waals surface area contributed by atoms with Crippen LogP contribution in [0, 0.1) is 0 Å². The lowest BCUT2D eigenvalue weighted by Crippen LogP contribution is -2.37. The van der Waals surface area contributed by atoms with Gasteiger partial charge in [0, 0.05) is 6.54 Å². The van der Waals surface area contributed by atoms with E-state index >= 15 is 0 Å². The van der Waals surface area contributed by atoms with E-state index in [1.165, 1.54) is 0 Å². The van der Waals surface area contributed by atoms with E-state index < -0.39 is 0 Å². The molecule has 2 N–H and O–H groups in total. The number of rotatable bonds is 4. The molecule has 2 rings (SSSR count). The monoisotopic (exact) mass is 233 g/mol. The van der Waals surface area contributed by atoms with Crippen LogP contribution >= 0.6 is 0 Å². The topological polar surface area (TPSA) is 67.2 Å². The summed E-state index contributed by atoms with van der Waals surface area (Å²) in [5.74, 6) is -0.0743. The summed E-state index contributed by atoms with van der Waals surface area (Å²) >= 11 is 0. The van der Waals surface area contributed by atoms with Crippen LogP contribution < -0.4 is 10.6 Å². The summed E-state index contributed by atoms with van der Waals surface area (Å²) in [5.41, 5.74) is 1.48. The highest BCUT2D eigenvalue weighted by atomic mass is 16.4.